The van der Waals surface area contributed by atoms with E-state index in [2.05, 4.69) is 224 Å². The second kappa shape index (κ2) is 16.8. The smallest absolute Gasteiger partial charge is 0.161 e. The van der Waals surface area contributed by atoms with E-state index >= 15 is 0 Å². The minimum Gasteiger partial charge on any atom is -0.227 e. The largest absolute Gasteiger partial charge is 0.227 e. The topological polar surface area (TPSA) is 51.6 Å². The van der Waals surface area contributed by atoms with Crippen LogP contribution >= 0.6 is 22.7 Å². The first-order chi connectivity index (χ1) is 33.7. The molecule has 9 aromatic carbocycles. The summed E-state index contributed by atoms with van der Waals surface area (Å²) in [6.45, 7) is 0. The number of benzene rings is 9. The molecule has 0 fully saturated rings. The third kappa shape index (κ3) is 7.06. The van der Waals surface area contributed by atoms with Gasteiger partial charge in [0.1, 0.15) is 9.66 Å². The summed E-state index contributed by atoms with van der Waals surface area (Å²) in [4.78, 5) is 23.4. The lowest BCUT2D eigenvalue weighted by molar-refractivity contribution is 1.24. The first-order valence-electron chi connectivity index (χ1n) is 22.7. The molecule has 0 saturated heterocycles. The lowest BCUT2D eigenvalue weighted by Gasteiger charge is -2.16. The summed E-state index contributed by atoms with van der Waals surface area (Å²) in [6, 6.07) is 81.6. The van der Waals surface area contributed by atoms with Gasteiger partial charge in [-0.2, -0.15) is 0 Å². The maximum atomic E-state index is 5.48. The van der Waals surface area contributed by atoms with Gasteiger partial charge < -0.3 is 0 Å². The van der Waals surface area contributed by atoms with Gasteiger partial charge in [-0.05, 0) is 62.7 Å². The van der Waals surface area contributed by atoms with Crippen LogP contribution in [0.15, 0.2) is 231 Å². The number of fused-ring (bicyclic) bond motifs is 6. The quantitative estimate of drug-likeness (QED) is 0.152. The molecule has 0 aliphatic heterocycles. The van der Waals surface area contributed by atoms with Gasteiger partial charge in [0.25, 0.3) is 0 Å². The van der Waals surface area contributed by atoms with Gasteiger partial charge in [-0.3, -0.25) is 0 Å². The summed E-state index contributed by atoms with van der Waals surface area (Å²) in [5.41, 5.74) is 15.0. The van der Waals surface area contributed by atoms with E-state index in [4.69, 9.17) is 19.9 Å². The predicted molar refractivity (Wildman–Crippen MR) is 287 cm³/mol. The van der Waals surface area contributed by atoms with E-state index in [1.807, 2.05) is 6.07 Å². The van der Waals surface area contributed by atoms with Crippen molar-refractivity contribution in [3.05, 3.63) is 231 Å². The van der Waals surface area contributed by atoms with E-state index in [0.717, 1.165) is 87.3 Å². The molecule has 0 bridgehead atoms. The Morgan fingerprint density at radius 1 is 0.250 bits per heavy atom. The standard InChI is InChI=1S/C62H38N4S2/c1-3-16-39(17-4-1)41-30-34-43(35-31-41)57-55-51-26-11-13-28-53(51)67-61(55)66-60(63-57)46-21-15-20-45(38-46)47-22-7-8-23-48(47)49-24-9-10-25-50(49)58-56-52-27-12-14-29-54(52)68-62(56)65-59(64-58)44-36-32-42(33-37-44)40-18-5-2-6-19-40/h1-38H. The molecule has 0 aliphatic carbocycles. The zero-order valence-corrected chi connectivity index (χ0v) is 38.2. The Morgan fingerprint density at radius 3 is 1.25 bits per heavy atom. The number of hydrogen-bond acceptors (Lipinski definition) is 6. The first kappa shape index (κ1) is 39.9. The fourth-order valence-electron chi connectivity index (χ4n) is 9.52. The highest BCUT2D eigenvalue weighted by molar-refractivity contribution is 7.26. The maximum Gasteiger partial charge on any atom is 0.161 e. The molecule has 0 atom stereocenters. The average Bonchev–Trinajstić information content (AvgIpc) is 4.00. The lowest BCUT2D eigenvalue weighted by Crippen LogP contribution is -1.96. The van der Waals surface area contributed by atoms with Crippen LogP contribution in [0.3, 0.4) is 0 Å². The molecule has 4 nitrogen and oxygen atoms in total. The van der Waals surface area contributed by atoms with Gasteiger partial charge in [0.2, 0.25) is 0 Å². The third-order valence-electron chi connectivity index (χ3n) is 12.8. The Kier molecular flexibility index (Phi) is 9.85. The van der Waals surface area contributed by atoms with E-state index in [0.29, 0.717) is 11.6 Å². The molecule has 0 saturated carbocycles. The second-order valence-electron chi connectivity index (χ2n) is 16.9. The van der Waals surface area contributed by atoms with Gasteiger partial charge in [-0.1, -0.05) is 212 Å². The first-order valence-corrected chi connectivity index (χ1v) is 24.3. The van der Waals surface area contributed by atoms with Gasteiger partial charge in [-0.25, -0.2) is 19.9 Å². The van der Waals surface area contributed by atoms with Crippen LogP contribution in [0.2, 0.25) is 0 Å². The monoisotopic (exact) mass is 902 g/mol. The number of thiophene rings is 2. The molecule has 0 N–H and O–H groups in total. The van der Waals surface area contributed by atoms with Crippen LogP contribution in [0.4, 0.5) is 0 Å². The summed E-state index contributed by atoms with van der Waals surface area (Å²) >= 11 is 3.44. The predicted octanol–water partition coefficient (Wildman–Crippen LogP) is 17.3. The number of rotatable bonds is 8. The van der Waals surface area contributed by atoms with Crippen molar-refractivity contribution in [1.29, 1.82) is 0 Å². The average molecular weight is 903 g/mol. The molecule has 0 radical (unpaired) electrons. The van der Waals surface area contributed by atoms with Crippen LogP contribution in [-0.2, 0) is 0 Å². The maximum absolute atomic E-state index is 5.48. The third-order valence-corrected chi connectivity index (χ3v) is 15.0. The van der Waals surface area contributed by atoms with Crippen molar-refractivity contribution in [1.82, 2.24) is 19.9 Å². The van der Waals surface area contributed by atoms with Crippen molar-refractivity contribution < 1.29 is 0 Å². The molecule has 68 heavy (non-hydrogen) atoms. The van der Waals surface area contributed by atoms with Crippen molar-refractivity contribution in [3.63, 3.8) is 0 Å². The van der Waals surface area contributed by atoms with E-state index in [1.165, 1.54) is 31.5 Å². The van der Waals surface area contributed by atoms with Crippen LogP contribution in [0.5, 0.6) is 0 Å². The number of aromatic nitrogens is 4. The molecule has 4 aromatic heterocycles. The van der Waals surface area contributed by atoms with Gasteiger partial charge in [-0.15, -0.1) is 22.7 Å². The Bertz CT molecular complexity index is 4010. The fourth-order valence-corrected chi connectivity index (χ4v) is 11.7. The molecular formula is C62H38N4S2. The van der Waals surface area contributed by atoms with Gasteiger partial charge in [0.05, 0.1) is 11.4 Å². The summed E-state index contributed by atoms with van der Waals surface area (Å²) in [6.07, 6.45) is 0. The second-order valence-corrected chi connectivity index (χ2v) is 19.0. The van der Waals surface area contributed by atoms with E-state index in [9.17, 15) is 0 Å². The van der Waals surface area contributed by atoms with Crippen molar-refractivity contribution in [2.75, 3.05) is 0 Å². The Hall–Kier alpha value is -8.42. The SMILES string of the molecule is c1ccc(-c2ccc(-c3nc(-c4ccccc4-c4ccccc4-c4cccc(-c5nc(-c6ccc(-c7ccccc7)cc6)c6c(n5)sc5ccccc56)c4)c4c(n3)sc3ccccc34)cc2)cc1. The van der Waals surface area contributed by atoms with Gasteiger partial charge >= 0.3 is 0 Å². The van der Waals surface area contributed by atoms with E-state index < -0.39 is 0 Å². The molecule has 0 amide bonds. The zero-order valence-electron chi connectivity index (χ0n) is 36.5. The van der Waals surface area contributed by atoms with Gasteiger partial charge in [0.15, 0.2) is 11.6 Å². The summed E-state index contributed by atoms with van der Waals surface area (Å²) in [7, 11) is 0. The van der Waals surface area contributed by atoms with Crippen LogP contribution in [0.25, 0.3) is 130 Å². The summed E-state index contributed by atoms with van der Waals surface area (Å²) in [5, 5.41) is 4.49. The Balaban J connectivity index is 0.936. The molecule has 318 valence electrons. The Labute approximate surface area is 401 Å². The van der Waals surface area contributed by atoms with Crippen LogP contribution in [0, 0.1) is 0 Å². The van der Waals surface area contributed by atoms with Crippen LogP contribution in [-0.4, -0.2) is 19.9 Å². The molecular weight excluding hydrogens is 865 g/mol. The molecule has 0 aliphatic rings. The van der Waals surface area contributed by atoms with Crippen LogP contribution in [0.1, 0.15) is 0 Å². The van der Waals surface area contributed by atoms with Crippen molar-refractivity contribution >= 4 is 63.3 Å². The highest BCUT2D eigenvalue weighted by Gasteiger charge is 2.22. The number of hydrogen-bond donors (Lipinski definition) is 0. The summed E-state index contributed by atoms with van der Waals surface area (Å²) in [5.74, 6) is 1.40. The zero-order chi connectivity index (χ0) is 45.0. The molecule has 13 aromatic rings. The highest BCUT2D eigenvalue weighted by atomic mass is 32.1. The van der Waals surface area contributed by atoms with Gasteiger partial charge in [0, 0.05) is 53.2 Å². The summed E-state index contributed by atoms with van der Waals surface area (Å²) < 4.78 is 2.38. The van der Waals surface area contributed by atoms with E-state index in [-0.39, 0.29) is 0 Å². The molecule has 4 heterocycles. The lowest BCUT2D eigenvalue weighted by atomic mass is 9.89. The minimum absolute atomic E-state index is 0.697. The van der Waals surface area contributed by atoms with E-state index in [1.54, 1.807) is 22.7 Å². The molecule has 6 heteroatoms. The van der Waals surface area contributed by atoms with Crippen LogP contribution < -0.4 is 0 Å². The van der Waals surface area contributed by atoms with Crippen molar-refractivity contribution in [2.24, 2.45) is 0 Å². The number of nitrogens with zero attached hydrogens (tertiary/aromatic N) is 4. The van der Waals surface area contributed by atoms with Crippen molar-refractivity contribution in [3.8, 4) is 89.8 Å². The molecule has 13 rings (SSSR count). The molecule has 0 spiro atoms. The Morgan fingerprint density at radius 2 is 0.647 bits per heavy atom. The highest BCUT2D eigenvalue weighted by Crippen LogP contribution is 2.45. The fraction of sp³-hybridized carbons (Fsp3) is 0. The van der Waals surface area contributed by atoms with Crippen molar-refractivity contribution in [2.45, 2.75) is 0 Å². The normalized spacial score (nSPS) is 11.5. The minimum atomic E-state index is 0.697. The molecule has 0 unspecified atom stereocenters.